The van der Waals surface area contributed by atoms with E-state index in [-0.39, 0.29) is 17.3 Å². The van der Waals surface area contributed by atoms with Crippen molar-refractivity contribution >= 4 is 22.3 Å². The van der Waals surface area contributed by atoms with Gasteiger partial charge in [0.2, 0.25) is 0 Å². The highest BCUT2D eigenvalue weighted by atomic mass is 16.3. The van der Waals surface area contributed by atoms with E-state index in [9.17, 15) is 14.7 Å². The first kappa shape index (κ1) is 18.4. The molecule has 0 radical (unpaired) electrons. The summed E-state index contributed by atoms with van der Waals surface area (Å²) in [5, 5.41) is 12.8. The van der Waals surface area contributed by atoms with Gasteiger partial charge in [-0.25, -0.2) is 0 Å². The number of carbonyl (C=O) groups excluding carboxylic acids is 2. The Balaban J connectivity index is 2.01. The van der Waals surface area contributed by atoms with Crippen LogP contribution < -0.4 is 0 Å². The zero-order chi connectivity index (χ0) is 20.2. The molecule has 0 saturated heterocycles. The smallest absolute Gasteiger partial charge is 0.166 e. The van der Waals surface area contributed by atoms with Crippen molar-refractivity contribution in [1.82, 2.24) is 0 Å². The zero-order valence-electron chi connectivity index (χ0n) is 16.5. The van der Waals surface area contributed by atoms with Crippen molar-refractivity contribution in [2.45, 2.75) is 33.1 Å². The van der Waals surface area contributed by atoms with Crippen LogP contribution >= 0.6 is 0 Å². The van der Waals surface area contributed by atoms with E-state index < -0.39 is 17.3 Å². The van der Waals surface area contributed by atoms with Crippen molar-refractivity contribution in [2.75, 3.05) is 0 Å². The van der Waals surface area contributed by atoms with Crippen LogP contribution in [0.3, 0.4) is 0 Å². The molecular weight excluding hydrogens is 348 g/mol. The lowest BCUT2D eigenvalue weighted by atomic mass is 9.52. The Morgan fingerprint density at radius 1 is 1.11 bits per heavy atom. The third-order valence-corrected chi connectivity index (χ3v) is 6.80. The molecule has 3 atom stereocenters. The van der Waals surface area contributed by atoms with Gasteiger partial charge in [0, 0.05) is 22.8 Å². The number of carbonyl (C=O) groups is 2. The minimum Gasteiger partial charge on any atom is -0.507 e. The van der Waals surface area contributed by atoms with E-state index in [2.05, 4.69) is 6.58 Å². The third-order valence-electron chi connectivity index (χ3n) is 6.80. The second-order valence-electron chi connectivity index (χ2n) is 8.08. The number of phenolic OH excluding ortho intramolecular Hbond substituents is 1. The van der Waals surface area contributed by atoms with E-state index in [4.69, 9.17) is 0 Å². The molecule has 0 fully saturated rings. The van der Waals surface area contributed by atoms with Crippen LogP contribution in [0.2, 0.25) is 0 Å². The number of Topliss-reactive ketones (excluding diaryl/α,β-unsaturated/α-hetero) is 2. The second kappa shape index (κ2) is 6.30. The fourth-order valence-corrected chi connectivity index (χ4v) is 5.06. The summed E-state index contributed by atoms with van der Waals surface area (Å²) in [5.74, 6) is -0.665. The number of fused-ring (bicyclic) bond motifs is 2. The Kier molecular flexibility index (Phi) is 4.15. The molecule has 28 heavy (non-hydrogen) atoms. The van der Waals surface area contributed by atoms with Crippen LogP contribution in [-0.4, -0.2) is 16.7 Å². The molecule has 0 spiro atoms. The van der Waals surface area contributed by atoms with E-state index in [0.717, 1.165) is 16.3 Å². The molecule has 0 aromatic heterocycles. The molecule has 4 rings (SSSR count). The van der Waals surface area contributed by atoms with Crippen molar-refractivity contribution in [3.05, 3.63) is 77.4 Å². The first-order valence-corrected chi connectivity index (χ1v) is 9.62. The molecule has 2 aliphatic rings. The first-order valence-electron chi connectivity index (χ1n) is 9.62. The molecule has 0 saturated carbocycles. The van der Waals surface area contributed by atoms with Gasteiger partial charge in [-0.1, -0.05) is 62.1 Å². The number of hydrogen-bond acceptors (Lipinski definition) is 3. The van der Waals surface area contributed by atoms with E-state index in [1.807, 2.05) is 49.4 Å². The van der Waals surface area contributed by atoms with E-state index >= 15 is 0 Å². The lowest BCUT2D eigenvalue weighted by molar-refractivity contribution is -0.138. The summed E-state index contributed by atoms with van der Waals surface area (Å²) in [6.07, 6.45) is 4.26. The minimum atomic E-state index is -0.946. The van der Waals surface area contributed by atoms with Crippen LogP contribution in [0.4, 0.5) is 0 Å². The summed E-state index contributed by atoms with van der Waals surface area (Å²) >= 11 is 0. The summed E-state index contributed by atoms with van der Waals surface area (Å²) in [6.45, 7) is 9.30. The van der Waals surface area contributed by atoms with Crippen molar-refractivity contribution in [1.29, 1.82) is 0 Å². The van der Waals surface area contributed by atoms with Gasteiger partial charge in [-0.3, -0.25) is 9.59 Å². The molecular formula is C25H24O3. The third kappa shape index (κ3) is 2.29. The van der Waals surface area contributed by atoms with Crippen LogP contribution in [0, 0.1) is 11.3 Å². The average molecular weight is 372 g/mol. The molecule has 1 N–H and O–H groups in total. The molecule has 0 bridgehead atoms. The number of hydrogen-bond donors (Lipinski definition) is 1. The standard InChI is InChI=1S/C25H24O3/c1-5-16-11-13-20-22(26)14(2)15(3)24(28)25(20,4)21(16)19-12-10-17-8-6-7-9-18(17)23(19)27/h5-12,20-21,27H,1,13H2,2-4H3. The van der Waals surface area contributed by atoms with Crippen LogP contribution in [0.15, 0.2) is 71.8 Å². The van der Waals surface area contributed by atoms with Crippen molar-refractivity contribution in [3.8, 4) is 5.75 Å². The highest BCUT2D eigenvalue weighted by Gasteiger charge is 2.56. The van der Waals surface area contributed by atoms with Gasteiger partial charge in [0.15, 0.2) is 11.6 Å². The number of aromatic hydroxyl groups is 1. The number of rotatable bonds is 2. The Morgan fingerprint density at radius 2 is 1.82 bits per heavy atom. The molecule has 2 aromatic rings. The monoisotopic (exact) mass is 372 g/mol. The average Bonchev–Trinajstić information content (AvgIpc) is 2.71. The fourth-order valence-electron chi connectivity index (χ4n) is 5.06. The van der Waals surface area contributed by atoms with Crippen LogP contribution in [0.25, 0.3) is 10.8 Å². The molecule has 0 amide bonds. The largest absolute Gasteiger partial charge is 0.507 e. The molecule has 2 aromatic carbocycles. The molecule has 3 heteroatoms. The van der Waals surface area contributed by atoms with Gasteiger partial charge in [-0.2, -0.15) is 0 Å². The Labute approximate surface area is 165 Å². The number of benzene rings is 2. The summed E-state index contributed by atoms with van der Waals surface area (Å²) in [7, 11) is 0. The molecule has 0 heterocycles. The van der Waals surface area contributed by atoms with Crippen LogP contribution in [-0.2, 0) is 9.59 Å². The first-order chi connectivity index (χ1) is 13.3. The maximum atomic E-state index is 13.5. The predicted octanol–water partition coefficient (Wildman–Crippen LogP) is 5.26. The zero-order valence-corrected chi connectivity index (χ0v) is 16.5. The maximum Gasteiger partial charge on any atom is 0.166 e. The van der Waals surface area contributed by atoms with Crippen LogP contribution in [0.1, 0.15) is 38.7 Å². The lowest BCUT2D eigenvalue weighted by Gasteiger charge is -2.48. The number of phenols is 1. The fraction of sp³-hybridized carbons (Fsp3) is 0.280. The Morgan fingerprint density at radius 3 is 2.54 bits per heavy atom. The Hall–Kier alpha value is -2.94. The lowest BCUT2D eigenvalue weighted by Crippen LogP contribution is -2.50. The topological polar surface area (TPSA) is 54.4 Å². The minimum absolute atomic E-state index is 0.0143. The highest BCUT2D eigenvalue weighted by molar-refractivity contribution is 6.16. The van der Waals surface area contributed by atoms with Crippen molar-refractivity contribution < 1.29 is 14.7 Å². The molecule has 0 aliphatic heterocycles. The van der Waals surface area contributed by atoms with Gasteiger partial charge in [-0.15, -0.1) is 0 Å². The van der Waals surface area contributed by atoms with E-state index in [1.165, 1.54) is 0 Å². The summed E-state index contributed by atoms with van der Waals surface area (Å²) in [5.41, 5.74) is 1.70. The van der Waals surface area contributed by atoms with E-state index in [0.29, 0.717) is 23.1 Å². The molecule has 3 unspecified atom stereocenters. The summed E-state index contributed by atoms with van der Waals surface area (Å²) in [6, 6.07) is 11.5. The SMILES string of the molecule is C=CC1=CCC2C(=O)C(C)=C(C)C(=O)C2(C)C1c1ccc2ccccc2c1O. The predicted molar refractivity (Wildman–Crippen MR) is 111 cm³/mol. The van der Waals surface area contributed by atoms with Crippen molar-refractivity contribution in [3.63, 3.8) is 0 Å². The molecule has 2 aliphatic carbocycles. The van der Waals surface area contributed by atoms with Crippen molar-refractivity contribution in [2.24, 2.45) is 11.3 Å². The number of ketones is 2. The van der Waals surface area contributed by atoms with Gasteiger partial charge in [0.1, 0.15) is 5.75 Å². The van der Waals surface area contributed by atoms with Gasteiger partial charge in [0.05, 0.1) is 5.41 Å². The van der Waals surface area contributed by atoms with Gasteiger partial charge in [0.25, 0.3) is 0 Å². The van der Waals surface area contributed by atoms with Gasteiger partial charge >= 0.3 is 0 Å². The maximum absolute atomic E-state index is 13.5. The summed E-state index contributed by atoms with van der Waals surface area (Å²) in [4.78, 5) is 26.6. The van der Waals surface area contributed by atoms with Gasteiger partial charge < -0.3 is 5.11 Å². The normalized spacial score (nSPS) is 27.6. The van der Waals surface area contributed by atoms with E-state index in [1.54, 1.807) is 19.9 Å². The summed E-state index contributed by atoms with van der Waals surface area (Å²) < 4.78 is 0. The molecule has 3 nitrogen and oxygen atoms in total. The quantitative estimate of drug-likeness (QED) is 0.783. The highest BCUT2D eigenvalue weighted by Crippen LogP contribution is 2.57. The second-order valence-corrected chi connectivity index (χ2v) is 8.08. The Bertz CT molecular complexity index is 1100. The van der Waals surface area contributed by atoms with Gasteiger partial charge in [-0.05, 0) is 42.4 Å². The number of allylic oxidation sites excluding steroid dienone is 5. The molecule has 142 valence electrons. The van der Waals surface area contributed by atoms with Crippen LogP contribution in [0.5, 0.6) is 5.75 Å².